The van der Waals surface area contributed by atoms with Crippen molar-refractivity contribution in [2.24, 2.45) is 0 Å². The van der Waals surface area contributed by atoms with Gasteiger partial charge in [-0.3, -0.25) is 10.1 Å². The maximum Gasteiger partial charge on any atom is 0.416 e. The Bertz CT molecular complexity index is 1060. The third-order valence-electron chi connectivity index (χ3n) is 3.43. The monoisotopic (exact) mass is 440 g/mol. The molecule has 7 nitrogen and oxygen atoms in total. The molecular weight excluding hydrogens is 429 g/mol. The number of carbonyl (C=O) groups excluding carboxylic acids is 1. The molecule has 3 rings (SSSR count). The molecule has 0 unspecified atom stereocenters. The molecule has 0 aliphatic heterocycles. The van der Waals surface area contributed by atoms with Gasteiger partial charge in [-0.25, -0.2) is 9.78 Å². The topological polar surface area (TPSA) is 97.2 Å². The second kappa shape index (κ2) is 8.49. The second-order valence-electron chi connectivity index (χ2n) is 5.48. The van der Waals surface area contributed by atoms with Crippen LogP contribution in [0.25, 0.3) is 0 Å². The Labute approximate surface area is 170 Å². The zero-order valence-corrected chi connectivity index (χ0v) is 15.9. The van der Waals surface area contributed by atoms with Crippen LogP contribution in [0.2, 0.25) is 0 Å². The quantitative estimate of drug-likeness (QED) is 0.382. The molecule has 0 aliphatic rings. The highest BCUT2D eigenvalue weighted by Gasteiger charge is 2.30. The number of rotatable bonds is 5. The summed E-state index contributed by atoms with van der Waals surface area (Å²) in [5.41, 5.74) is -0.519. The van der Waals surface area contributed by atoms with E-state index in [0.29, 0.717) is 14.9 Å². The zero-order valence-electron chi connectivity index (χ0n) is 14.3. The number of hydrogen-bond acceptors (Lipinski definition) is 6. The smallest absolute Gasteiger partial charge is 0.308 e. The Kier molecular flexibility index (Phi) is 6.03. The Morgan fingerprint density at radius 2 is 1.90 bits per heavy atom. The lowest BCUT2D eigenvalue weighted by Gasteiger charge is -2.12. The number of hydrogen-bond donors (Lipinski definition) is 2. The molecule has 0 saturated carbocycles. The van der Waals surface area contributed by atoms with Crippen molar-refractivity contribution in [2.45, 2.75) is 15.4 Å². The van der Waals surface area contributed by atoms with Gasteiger partial charge in [0.1, 0.15) is 6.20 Å². The highest BCUT2D eigenvalue weighted by Crippen LogP contribution is 2.37. The summed E-state index contributed by atoms with van der Waals surface area (Å²) < 4.78 is 38.8. The summed E-state index contributed by atoms with van der Waals surface area (Å²) in [6.07, 6.45) is -3.38. The maximum absolute atomic E-state index is 12.8. The van der Waals surface area contributed by atoms with Gasteiger partial charge in [0.05, 0.1) is 16.2 Å². The third kappa shape index (κ3) is 5.45. The molecule has 0 saturated heterocycles. The number of thiazole rings is 1. The van der Waals surface area contributed by atoms with E-state index in [9.17, 15) is 28.1 Å². The van der Waals surface area contributed by atoms with Gasteiger partial charge < -0.3 is 10.6 Å². The van der Waals surface area contributed by atoms with Gasteiger partial charge in [0.25, 0.3) is 0 Å². The van der Waals surface area contributed by atoms with E-state index >= 15 is 0 Å². The first-order valence-corrected chi connectivity index (χ1v) is 9.48. The van der Waals surface area contributed by atoms with Crippen LogP contribution < -0.4 is 10.6 Å². The average molecular weight is 440 g/mol. The van der Waals surface area contributed by atoms with Crippen molar-refractivity contribution in [1.82, 2.24) is 4.98 Å². The van der Waals surface area contributed by atoms with E-state index < -0.39 is 22.7 Å². The first kappa shape index (κ1) is 20.6. The predicted octanol–water partition coefficient (Wildman–Crippen LogP) is 5.87. The number of halogens is 3. The first-order valence-electron chi connectivity index (χ1n) is 7.85. The predicted molar refractivity (Wildman–Crippen MR) is 103 cm³/mol. The van der Waals surface area contributed by atoms with Crippen molar-refractivity contribution in [3.63, 3.8) is 0 Å². The van der Waals surface area contributed by atoms with Crippen LogP contribution in [0.3, 0.4) is 0 Å². The Hall–Kier alpha value is -3.12. The van der Waals surface area contributed by atoms with Crippen LogP contribution in [0.5, 0.6) is 0 Å². The highest BCUT2D eigenvalue weighted by molar-refractivity contribution is 8.01. The van der Waals surface area contributed by atoms with Crippen LogP contribution in [0.4, 0.5) is 34.3 Å². The van der Waals surface area contributed by atoms with E-state index in [-0.39, 0.29) is 10.7 Å². The molecule has 1 heterocycles. The van der Waals surface area contributed by atoms with Crippen molar-refractivity contribution in [3.8, 4) is 0 Å². The number of alkyl halides is 3. The van der Waals surface area contributed by atoms with Gasteiger partial charge in [-0.1, -0.05) is 30.0 Å². The summed E-state index contributed by atoms with van der Waals surface area (Å²) in [6.45, 7) is 0. The summed E-state index contributed by atoms with van der Waals surface area (Å²) in [5.74, 6) is 0. The molecule has 0 atom stereocenters. The van der Waals surface area contributed by atoms with Crippen LogP contribution in [0.1, 0.15) is 5.56 Å². The SMILES string of the molecule is O=C(Nc1cccc(C(F)(F)F)c1)Nc1ccccc1Sc1ncc([N+](=O)[O-])s1. The molecule has 3 aromatic rings. The number of aromatic nitrogens is 1. The number of carbonyl (C=O) groups is 1. The second-order valence-corrected chi connectivity index (χ2v) is 7.78. The molecule has 0 spiro atoms. The van der Waals surface area contributed by atoms with E-state index in [0.717, 1.165) is 41.4 Å². The highest BCUT2D eigenvalue weighted by atomic mass is 32.2. The van der Waals surface area contributed by atoms with Gasteiger partial charge in [0.2, 0.25) is 0 Å². The lowest BCUT2D eigenvalue weighted by molar-refractivity contribution is -0.380. The van der Waals surface area contributed by atoms with Crippen molar-refractivity contribution < 1.29 is 22.9 Å². The lowest BCUT2D eigenvalue weighted by atomic mass is 10.2. The van der Waals surface area contributed by atoms with Gasteiger partial charge in [-0.15, -0.1) is 0 Å². The Morgan fingerprint density at radius 1 is 1.14 bits per heavy atom. The lowest BCUT2D eigenvalue weighted by Crippen LogP contribution is -2.20. The molecule has 2 amide bonds. The molecule has 0 aliphatic carbocycles. The fourth-order valence-corrected chi connectivity index (χ4v) is 4.02. The van der Waals surface area contributed by atoms with Crippen LogP contribution >= 0.6 is 23.1 Å². The molecule has 2 N–H and O–H groups in total. The van der Waals surface area contributed by atoms with E-state index in [1.807, 2.05) is 0 Å². The van der Waals surface area contributed by atoms with Crippen molar-refractivity contribution in [3.05, 3.63) is 70.4 Å². The largest absolute Gasteiger partial charge is 0.416 e. The van der Waals surface area contributed by atoms with Gasteiger partial charge in [0.15, 0.2) is 4.34 Å². The summed E-state index contributed by atoms with van der Waals surface area (Å²) >= 11 is 2.01. The number of nitro groups is 1. The number of amides is 2. The van der Waals surface area contributed by atoms with Gasteiger partial charge in [-0.2, -0.15) is 13.2 Å². The fraction of sp³-hybridized carbons (Fsp3) is 0.0588. The van der Waals surface area contributed by atoms with Crippen molar-refractivity contribution in [2.75, 3.05) is 10.6 Å². The first-order chi connectivity index (χ1) is 13.7. The van der Waals surface area contributed by atoms with Gasteiger partial charge in [0, 0.05) is 10.6 Å². The van der Waals surface area contributed by atoms with Crippen LogP contribution in [0, 0.1) is 10.1 Å². The average Bonchev–Trinajstić information content (AvgIpc) is 3.12. The molecular formula is C17H11F3N4O3S2. The standard InChI is InChI=1S/C17H11F3N4O3S2/c18-17(19,20)10-4-3-5-11(8-10)22-15(25)23-12-6-1-2-7-13(12)28-16-21-9-14(29-16)24(26)27/h1-9H,(H2,22,23,25). The molecule has 0 bridgehead atoms. The molecule has 12 heteroatoms. The Balaban J connectivity index is 1.72. The number of nitrogens with one attached hydrogen (secondary N) is 2. The van der Waals surface area contributed by atoms with Crippen LogP contribution in [0.15, 0.2) is 64.0 Å². The number of urea groups is 1. The summed E-state index contributed by atoms with van der Waals surface area (Å²) in [7, 11) is 0. The molecule has 1 aromatic heterocycles. The van der Waals surface area contributed by atoms with E-state index in [1.54, 1.807) is 24.3 Å². The van der Waals surface area contributed by atoms with E-state index in [1.165, 1.54) is 12.1 Å². The number of nitrogens with zero attached hydrogens (tertiary/aromatic N) is 2. The van der Waals surface area contributed by atoms with E-state index in [2.05, 4.69) is 15.6 Å². The van der Waals surface area contributed by atoms with Crippen molar-refractivity contribution in [1.29, 1.82) is 0 Å². The summed E-state index contributed by atoms with van der Waals surface area (Å²) in [4.78, 5) is 27.0. The molecule has 2 aromatic carbocycles. The zero-order chi connectivity index (χ0) is 21.0. The summed E-state index contributed by atoms with van der Waals surface area (Å²) in [6, 6.07) is 10.2. The molecule has 0 radical (unpaired) electrons. The van der Waals surface area contributed by atoms with Gasteiger partial charge in [-0.05, 0) is 41.7 Å². The Morgan fingerprint density at radius 3 is 2.59 bits per heavy atom. The minimum absolute atomic E-state index is 0.0157. The number of para-hydroxylation sites is 1. The minimum atomic E-state index is -4.52. The van der Waals surface area contributed by atoms with Crippen molar-refractivity contribution >= 4 is 45.5 Å². The van der Waals surface area contributed by atoms with E-state index in [4.69, 9.17) is 0 Å². The third-order valence-corrected chi connectivity index (χ3v) is 5.53. The molecule has 150 valence electrons. The molecule has 29 heavy (non-hydrogen) atoms. The minimum Gasteiger partial charge on any atom is -0.308 e. The van der Waals surface area contributed by atoms with Gasteiger partial charge >= 0.3 is 17.2 Å². The molecule has 0 fully saturated rings. The number of anilines is 2. The number of benzene rings is 2. The summed E-state index contributed by atoms with van der Waals surface area (Å²) in [5, 5.41) is 15.6. The fourth-order valence-electron chi connectivity index (χ4n) is 2.19. The maximum atomic E-state index is 12.8. The van der Waals surface area contributed by atoms with Crippen LogP contribution in [-0.4, -0.2) is 15.9 Å². The van der Waals surface area contributed by atoms with Crippen LogP contribution in [-0.2, 0) is 6.18 Å². The normalized spacial score (nSPS) is 11.1.